The van der Waals surface area contributed by atoms with Gasteiger partial charge in [0.05, 0.1) is 6.04 Å². The van der Waals surface area contributed by atoms with E-state index in [1.807, 2.05) is 36.2 Å². The number of carbonyl (C=O) groups is 2. The molecule has 0 spiro atoms. The summed E-state index contributed by atoms with van der Waals surface area (Å²) in [5, 5.41) is 5.62. The maximum atomic E-state index is 13.8. The van der Waals surface area contributed by atoms with Gasteiger partial charge in [-0.3, -0.25) is 14.5 Å². The van der Waals surface area contributed by atoms with Crippen molar-refractivity contribution in [3.8, 4) is 0 Å². The molecule has 3 aromatic rings. The lowest BCUT2D eigenvalue weighted by Gasteiger charge is -2.34. The van der Waals surface area contributed by atoms with Gasteiger partial charge in [0.2, 0.25) is 11.8 Å². The van der Waals surface area contributed by atoms with Crippen LogP contribution < -0.4 is 16.4 Å². The molecule has 1 aromatic heterocycles. The number of fused-ring (bicyclic) bond motifs is 1. The van der Waals surface area contributed by atoms with Gasteiger partial charge in [-0.05, 0) is 53.9 Å². The molecule has 0 aliphatic carbocycles. The van der Waals surface area contributed by atoms with Crippen LogP contribution in [0, 0.1) is 11.6 Å². The summed E-state index contributed by atoms with van der Waals surface area (Å²) in [6.45, 7) is 0.783. The first kappa shape index (κ1) is 24.3. The zero-order chi connectivity index (χ0) is 24.9. The van der Waals surface area contributed by atoms with Crippen LogP contribution in [0.25, 0.3) is 0 Å². The van der Waals surface area contributed by atoms with E-state index < -0.39 is 29.6 Å². The van der Waals surface area contributed by atoms with Crippen molar-refractivity contribution in [3.63, 3.8) is 0 Å². The molecule has 7 nitrogen and oxygen atoms in total. The van der Waals surface area contributed by atoms with Gasteiger partial charge in [-0.15, -0.1) is 0 Å². The molecule has 0 radical (unpaired) electrons. The highest BCUT2D eigenvalue weighted by Gasteiger charge is 2.32. The number of aromatic nitrogens is 1. The molecule has 0 bridgehead atoms. The van der Waals surface area contributed by atoms with Crippen LogP contribution in [0.15, 0.2) is 60.8 Å². The minimum Gasteiger partial charge on any atom is -0.384 e. The second-order valence-electron chi connectivity index (χ2n) is 8.73. The number of likely N-dealkylation sites (N-methyl/N-ethyl adjacent to an activating group) is 1. The van der Waals surface area contributed by atoms with E-state index >= 15 is 0 Å². The van der Waals surface area contributed by atoms with Crippen LogP contribution in [0.3, 0.4) is 0 Å². The van der Waals surface area contributed by atoms with Crippen molar-refractivity contribution >= 4 is 17.6 Å². The number of carbonyl (C=O) groups excluding carboxylic acids is 2. The summed E-state index contributed by atoms with van der Waals surface area (Å²) >= 11 is 0. The van der Waals surface area contributed by atoms with Crippen molar-refractivity contribution in [1.82, 2.24) is 20.5 Å². The SMILES string of the molecule is CN1Cc2ccccc2C[C@@H]1C(=O)N[C@@H](Cc1ccc(F)c(F)c1)C(=O)NCc1ccc(N)nc1. The highest BCUT2D eigenvalue weighted by molar-refractivity contribution is 5.90. The summed E-state index contributed by atoms with van der Waals surface area (Å²) in [6, 6.07) is 13.3. The zero-order valence-electron chi connectivity index (χ0n) is 19.3. The van der Waals surface area contributed by atoms with Crippen LogP contribution in [-0.2, 0) is 35.5 Å². The smallest absolute Gasteiger partial charge is 0.243 e. The van der Waals surface area contributed by atoms with E-state index in [0.29, 0.717) is 24.3 Å². The Morgan fingerprint density at radius 2 is 1.83 bits per heavy atom. The average Bonchev–Trinajstić information content (AvgIpc) is 2.84. The van der Waals surface area contributed by atoms with E-state index in [1.54, 1.807) is 18.3 Å². The molecule has 4 rings (SSSR count). The van der Waals surface area contributed by atoms with Crippen LogP contribution in [0.1, 0.15) is 22.3 Å². The highest BCUT2D eigenvalue weighted by atomic mass is 19.2. The number of hydrogen-bond donors (Lipinski definition) is 3. The first-order valence-corrected chi connectivity index (χ1v) is 11.3. The lowest BCUT2D eigenvalue weighted by molar-refractivity contribution is -0.132. The Kier molecular flexibility index (Phi) is 7.36. The van der Waals surface area contributed by atoms with Gasteiger partial charge in [0.1, 0.15) is 11.9 Å². The van der Waals surface area contributed by atoms with Gasteiger partial charge < -0.3 is 16.4 Å². The van der Waals surface area contributed by atoms with E-state index in [0.717, 1.165) is 28.8 Å². The second-order valence-corrected chi connectivity index (χ2v) is 8.73. The molecule has 1 aliphatic rings. The van der Waals surface area contributed by atoms with Crippen LogP contribution >= 0.6 is 0 Å². The molecule has 0 fully saturated rings. The molecule has 4 N–H and O–H groups in total. The molecule has 182 valence electrons. The maximum absolute atomic E-state index is 13.8. The number of nitrogen functional groups attached to an aromatic ring is 1. The van der Waals surface area contributed by atoms with Gasteiger partial charge in [0.25, 0.3) is 0 Å². The molecule has 2 aromatic carbocycles. The van der Waals surface area contributed by atoms with Crippen molar-refractivity contribution in [1.29, 1.82) is 0 Å². The molecular weight excluding hydrogens is 452 g/mol. The van der Waals surface area contributed by atoms with E-state index in [4.69, 9.17) is 5.73 Å². The fraction of sp³-hybridized carbons (Fsp3) is 0.269. The molecule has 0 saturated heterocycles. The number of hydrogen-bond acceptors (Lipinski definition) is 5. The zero-order valence-corrected chi connectivity index (χ0v) is 19.3. The van der Waals surface area contributed by atoms with Crippen molar-refractivity contribution < 1.29 is 18.4 Å². The highest BCUT2D eigenvalue weighted by Crippen LogP contribution is 2.22. The molecule has 1 aliphatic heterocycles. The quantitative estimate of drug-likeness (QED) is 0.483. The van der Waals surface area contributed by atoms with E-state index in [9.17, 15) is 18.4 Å². The topological polar surface area (TPSA) is 100 Å². The third-order valence-electron chi connectivity index (χ3n) is 6.16. The summed E-state index contributed by atoms with van der Waals surface area (Å²) in [6.07, 6.45) is 2.06. The van der Waals surface area contributed by atoms with Gasteiger partial charge in [-0.2, -0.15) is 0 Å². The molecule has 2 atom stereocenters. The number of benzene rings is 2. The lowest BCUT2D eigenvalue weighted by atomic mass is 9.93. The third kappa shape index (κ3) is 5.99. The Labute approximate surface area is 202 Å². The Balaban J connectivity index is 1.49. The van der Waals surface area contributed by atoms with Gasteiger partial charge in [0.15, 0.2) is 11.6 Å². The summed E-state index contributed by atoms with van der Waals surface area (Å²) in [4.78, 5) is 32.3. The molecular formula is C26H27F2N5O2. The number of nitrogens with two attached hydrogens (primary N) is 1. The largest absolute Gasteiger partial charge is 0.384 e. The number of amides is 2. The van der Waals surface area contributed by atoms with Crippen molar-refractivity contribution in [2.45, 2.75) is 38.0 Å². The molecule has 0 saturated carbocycles. The first-order chi connectivity index (χ1) is 16.8. The fourth-order valence-electron chi connectivity index (χ4n) is 4.18. The average molecular weight is 480 g/mol. The normalized spacial score (nSPS) is 16.3. The molecule has 2 heterocycles. The number of nitrogens with zero attached hydrogens (tertiary/aromatic N) is 2. The van der Waals surface area contributed by atoms with Gasteiger partial charge in [-0.25, -0.2) is 13.8 Å². The first-order valence-electron chi connectivity index (χ1n) is 11.3. The van der Waals surface area contributed by atoms with Crippen LogP contribution in [-0.4, -0.2) is 40.8 Å². The minimum absolute atomic E-state index is 0.00177. The number of nitrogens with one attached hydrogen (secondary N) is 2. The van der Waals surface area contributed by atoms with Gasteiger partial charge in [-0.1, -0.05) is 36.4 Å². The second kappa shape index (κ2) is 10.6. The molecule has 9 heteroatoms. The van der Waals surface area contributed by atoms with Crippen LogP contribution in [0.4, 0.5) is 14.6 Å². The van der Waals surface area contributed by atoms with E-state index in [-0.39, 0.29) is 18.9 Å². The number of pyridine rings is 1. The lowest BCUT2D eigenvalue weighted by Crippen LogP contribution is -2.55. The van der Waals surface area contributed by atoms with E-state index in [1.165, 1.54) is 6.07 Å². The van der Waals surface area contributed by atoms with E-state index in [2.05, 4.69) is 15.6 Å². The fourth-order valence-corrected chi connectivity index (χ4v) is 4.18. The summed E-state index contributed by atoms with van der Waals surface area (Å²) in [5.41, 5.74) is 8.97. The third-order valence-corrected chi connectivity index (χ3v) is 6.16. The predicted octanol–water partition coefficient (Wildman–Crippen LogP) is 2.34. The molecule has 0 unspecified atom stereocenters. The van der Waals surface area contributed by atoms with Crippen LogP contribution in [0.2, 0.25) is 0 Å². The Morgan fingerprint density at radius 3 is 2.54 bits per heavy atom. The van der Waals surface area contributed by atoms with Crippen molar-refractivity contribution in [3.05, 3.63) is 94.7 Å². The van der Waals surface area contributed by atoms with Crippen molar-refractivity contribution in [2.24, 2.45) is 0 Å². The van der Waals surface area contributed by atoms with Gasteiger partial charge >= 0.3 is 0 Å². The Bertz CT molecular complexity index is 1220. The maximum Gasteiger partial charge on any atom is 0.243 e. The van der Waals surface area contributed by atoms with Gasteiger partial charge in [0, 0.05) is 25.7 Å². The Hall–Kier alpha value is -3.85. The summed E-state index contributed by atoms with van der Waals surface area (Å²) in [7, 11) is 1.86. The standard InChI is InChI=1S/C26H27F2N5O2/c1-33-15-19-5-3-2-4-18(19)12-23(33)26(35)32-22(11-16-6-8-20(27)21(28)10-16)25(34)31-14-17-7-9-24(29)30-13-17/h2-10,13,22-23H,11-12,14-15H2,1H3,(H2,29,30)(H,31,34)(H,32,35)/t22-,23+/m0/s1. The summed E-state index contributed by atoms with van der Waals surface area (Å²) in [5.74, 6) is -2.37. The Morgan fingerprint density at radius 1 is 1.09 bits per heavy atom. The molecule has 35 heavy (non-hydrogen) atoms. The van der Waals surface area contributed by atoms with Crippen molar-refractivity contribution in [2.75, 3.05) is 12.8 Å². The molecule has 2 amide bonds. The summed E-state index contributed by atoms with van der Waals surface area (Å²) < 4.78 is 27.2. The predicted molar refractivity (Wildman–Crippen MR) is 128 cm³/mol. The number of halogens is 2. The minimum atomic E-state index is -1.01. The van der Waals surface area contributed by atoms with Crippen LogP contribution in [0.5, 0.6) is 0 Å². The monoisotopic (exact) mass is 479 g/mol. The number of rotatable bonds is 7. The number of anilines is 1.